The smallest absolute Gasteiger partial charge is 0.173 e. The molecule has 0 spiro atoms. The number of benzene rings is 1. The summed E-state index contributed by atoms with van der Waals surface area (Å²) in [6, 6.07) is 8.11. The van der Waals surface area contributed by atoms with E-state index in [4.69, 9.17) is 14.2 Å². The van der Waals surface area contributed by atoms with Crippen LogP contribution in [0.25, 0.3) is 5.57 Å². The van der Waals surface area contributed by atoms with Crippen LogP contribution < -0.4 is 10.0 Å². The molecule has 0 aromatic heterocycles. The van der Waals surface area contributed by atoms with Gasteiger partial charge in [-0.3, -0.25) is 0 Å². The Morgan fingerprint density at radius 3 is 2.81 bits per heavy atom. The Hall–Kier alpha value is -2.88. The molecule has 9 heteroatoms. The zero-order chi connectivity index (χ0) is 25.7. The molecule has 0 fully saturated rings. The molecule has 0 radical (unpaired) electrons. The average Bonchev–Trinajstić information content (AvgIpc) is 3.14. The molecule has 2 unspecified atom stereocenters. The summed E-state index contributed by atoms with van der Waals surface area (Å²) in [6.07, 6.45) is 8.22. The van der Waals surface area contributed by atoms with E-state index in [0.29, 0.717) is 24.4 Å². The number of nitrogens with zero attached hydrogens (tertiary/aromatic N) is 1. The van der Waals surface area contributed by atoms with Crippen LogP contribution >= 0.6 is 11.9 Å². The number of anilines is 1. The van der Waals surface area contributed by atoms with Gasteiger partial charge >= 0.3 is 0 Å². The van der Waals surface area contributed by atoms with Crippen LogP contribution in [0.3, 0.4) is 0 Å². The number of hydrogen-bond acceptors (Lipinski definition) is 7. The van der Waals surface area contributed by atoms with Crippen LogP contribution in [-0.4, -0.2) is 45.6 Å². The Kier molecular flexibility index (Phi) is 8.33. The minimum Gasteiger partial charge on any atom is -0.488 e. The number of aliphatic imine (C=N–C) groups is 1. The Morgan fingerprint density at radius 2 is 2.06 bits per heavy atom. The monoisotopic (exact) mass is 515 g/mol. The molecule has 0 bridgehead atoms. The third-order valence-electron chi connectivity index (χ3n) is 6.51. The zero-order valence-corrected chi connectivity index (χ0v) is 21.7. The molecule has 0 saturated carbocycles. The van der Waals surface area contributed by atoms with Crippen molar-refractivity contribution in [2.45, 2.75) is 25.9 Å². The lowest BCUT2D eigenvalue weighted by molar-refractivity contribution is 0.107. The van der Waals surface area contributed by atoms with Gasteiger partial charge in [-0.05, 0) is 60.8 Å². The molecule has 1 aliphatic carbocycles. The molecule has 4 rings (SSSR count). The first-order valence-electron chi connectivity index (χ1n) is 11.7. The van der Waals surface area contributed by atoms with E-state index in [1.165, 1.54) is 38.3 Å². The van der Waals surface area contributed by atoms with Crippen molar-refractivity contribution in [3.05, 3.63) is 82.9 Å². The molecular formula is C27H31F2N3O3S. The van der Waals surface area contributed by atoms with Crippen LogP contribution in [0, 0.1) is 5.41 Å². The summed E-state index contributed by atoms with van der Waals surface area (Å²) >= 11 is 1.52. The summed E-state index contributed by atoms with van der Waals surface area (Å²) in [6.45, 7) is 2.46. The highest BCUT2D eigenvalue weighted by molar-refractivity contribution is 7.99. The summed E-state index contributed by atoms with van der Waals surface area (Å²) in [5.74, 6) is -0.752. The maximum absolute atomic E-state index is 15.7. The Morgan fingerprint density at radius 1 is 1.22 bits per heavy atom. The minimum absolute atomic E-state index is 0.0154. The van der Waals surface area contributed by atoms with Gasteiger partial charge in [0.1, 0.15) is 24.4 Å². The first-order valence-corrected chi connectivity index (χ1v) is 12.9. The molecule has 2 heterocycles. The van der Waals surface area contributed by atoms with Gasteiger partial charge in [0.05, 0.1) is 17.6 Å². The maximum Gasteiger partial charge on any atom is 0.173 e. The molecule has 1 aromatic rings. The van der Waals surface area contributed by atoms with Crippen molar-refractivity contribution in [1.29, 1.82) is 0 Å². The standard InChI is InChI=1S/C27H31F2N3O3S/c1-27-14-18(17-7-5-8-19(13-17)32-36-4)15-30-26(27)31-16-20(27)25(34-3)23-21(28)9-6-10-22(24(23)29)35-12-11-33-2/h5,7-10,13,15-16,25,32H,6,11-12,14H2,1-4H3,(H,30,31). The summed E-state index contributed by atoms with van der Waals surface area (Å²) in [7, 11) is 2.98. The van der Waals surface area contributed by atoms with E-state index in [2.05, 4.69) is 21.1 Å². The second kappa shape index (κ2) is 11.5. The highest BCUT2D eigenvalue weighted by Gasteiger charge is 2.46. The molecule has 3 aliphatic rings. The van der Waals surface area contributed by atoms with Gasteiger partial charge in [0, 0.05) is 38.6 Å². The molecular weight excluding hydrogens is 484 g/mol. The van der Waals surface area contributed by atoms with E-state index in [1.807, 2.05) is 37.6 Å². The number of hydrogen-bond donors (Lipinski definition) is 2. The molecule has 36 heavy (non-hydrogen) atoms. The van der Waals surface area contributed by atoms with E-state index in [1.54, 1.807) is 6.20 Å². The number of rotatable bonds is 10. The van der Waals surface area contributed by atoms with E-state index in [9.17, 15) is 0 Å². The zero-order valence-electron chi connectivity index (χ0n) is 20.9. The van der Waals surface area contributed by atoms with E-state index < -0.39 is 23.2 Å². The van der Waals surface area contributed by atoms with Crippen LogP contribution in [0.15, 0.2) is 82.4 Å². The summed E-state index contributed by atoms with van der Waals surface area (Å²) < 4.78 is 50.6. The number of nitrogens with one attached hydrogen (secondary N) is 2. The number of amidine groups is 1. The lowest BCUT2D eigenvalue weighted by Crippen LogP contribution is -2.42. The third-order valence-corrected chi connectivity index (χ3v) is 6.95. The van der Waals surface area contributed by atoms with Gasteiger partial charge in [-0.1, -0.05) is 24.1 Å². The van der Waals surface area contributed by atoms with Crippen LogP contribution in [0.1, 0.15) is 25.3 Å². The molecule has 192 valence electrons. The highest BCUT2D eigenvalue weighted by Crippen LogP contribution is 2.48. The van der Waals surface area contributed by atoms with Crippen molar-refractivity contribution >= 4 is 29.0 Å². The Bertz CT molecular complexity index is 1190. The van der Waals surface area contributed by atoms with Crippen LogP contribution in [0.5, 0.6) is 0 Å². The fraction of sp³-hybridized carbons (Fsp3) is 0.370. The third kappa shape index (κ3) is 5.14. The number of allylic oxidation sites excluding steroid dienone is 4. The first-order chi connectivity index (χ1) is 17.4. The molecule has 2 atom stereocenters. The van der Waals surface area contributed by atoms with E-state index in [-0.39, 0.29) is 24.4 Å². The second-order valence-electron chi connectivity index (χ2n) is 8.81. The lowest BCUT2D eigenvalue weighted by Gasteiger charge is -2.37. The van der Waals surface area contributed by atoms with Crippen molar-refractivity contribution in [2.75, 3.05) is 38.4 Å². The Balaban J connectivity index is 1.66. The quantitative estimate of drug-likeness (QED) is 0.292. The Labute approximate surface area is 215 Å². The average molecular weight is 516 g/mol. The highest BCUT2D eigenvalue weighted by atomic mass is 32.2. The van der Waals surface area contributed by atoms with Crippen LogP contribution in [0.4, 0.5) is 14.5 Å². The number of halogens is 2. The van der Waals surface area contributed by atoms with Gasteiger partial charge in [-0.2, -0.15) is 0 Å². The fourth-order valence-electron chi connectivity index (χ4n) is 4.67. The topological polar surface area (TPSA) is 64.1 Å². The minimum atomic E-state index is -0.995. The normalized spacial score (nSPS) is 22.3. The van der Waals surface area contributed by atoms with Gasteiger partial charge in [-0.15, -0.1) is 0 Å². The molecule has 0 amide bonds. The fourth-order valence-corrected chi connectivity index (χ4v) is 5.04. The largest absolute Gasteiger partial charge is 0.488 e. The van der Waals surface area contributed by atoms with Gasteiger partial charge in [0.2, 0.25) is 0 Å². The number of ether oxygens (including phenoxy) is 3. The van der Waals surface area contributed by atoms with Crippen molar-refractivity contribution in [2.24, 2.45) is 10.4 Å². The van der Waals surface area contributed by atoms with E-state index >= 15 is 8.78 Å². The summed E-state index contributed by atoms with van der Waals surface area (Å²) in [4.78, 5) is 4.56. The van der Waals surface area contributed by atoms with Crippen LogP contribution in [-0.2, 0) is 14.2 Å². The van der Waals surface area contributed by atoms with E-state index in [0.717, 1.165) is 16.8 Å². The molecule has 6 nitrogen and oxygen atoms in total. The summed E-state index contributed by atoms with van der Waals surface area (Å²) in [5, 5.41) is 3.30. The number of methoxy groups -OCH3 is 2. The van der Waals surface area contributed by atoms with Gasteiger partial charge in [0.25, 0.3) is 0 Å². The predicted molar refractivity (Wildman–Crippen MR) is 142 cm³/mol. The predicted octanol–water partition coefficient (Wildman–Crippen LogP) is 6.06. The maximum atomic E-state index is 15.7. The molecule has 0 saturated heterocycles. The van der Waals surface area contributed by atoms with Gasteiger partial charge in [0.15, 0.2) is 11.6 Å². The molecule has 2 N–H and O–H groups in total. The van der Waals surface area contributed by atoms with Crippen molar-refractivity contribution in [3.63, 3.8) is 0 Å². The molecule has 1 aromatic carbocycles. The van der Waals surface area contributed by atoms with Gasteiger partial charge in [-0.25, -0.2) is 13.8 Å². The number of fused-ring (bicyclic) bond motifs is 1. The summed E-state index contributed by atoms with van der Waals surface area (Å²) in [5.41, 5.74) is 2.93. The van der Waals surface area contributed by atoms with Crippen molar-refractivity contribution < 1.29 is 23.0 Å². The van der Waals surface area contributed by atoms with Crippen molar-refractivity contribution in [3.8, 4) is 0 Å². The van der Waals surface area contributed by atoms with Crippen LogP contribution in [0.2, 0.25) is 0 Å². The molecule has 2 aliphatic heterocycles. The lowest BCUT2D eigenvalue weighted by atomic mass is 9.71. The SMILES string of the molecule is COCCOC1=CCC=C(F)C(C(OC)C2=CN=C3NC=C(c4cccc(NSC)c4)CC23C)=C1F. The second-order valence-corrected chi connectivity index (χ2v) is 9.43. The van der Waals surface area contributed by atoms with Crippen molar-refractivity contribution in [1.82, 2.24) is 5.32 Å². The van der Waals surface area contributed by atoms with Gasteiger partial charge < -0.3 is 24.2 Å². The first kappa shape index (κ1) is 26.2.